The average molecular weight is 428 g/mol. The summed E-state index contributed by atoms with van der Waals surface area (Å²) in [5.74, 6) is 0.753. The van der Waals surface area contributed by atoms with E-state index < -0.39 is 0 Å². The Bertz CT molecular complexity index is 1220. The fourth-order valence-corrected chi connectivity index (χ4v) is 4.60. The van der Waals surface area contributed by atoms with E-state index in [0.29, 0.717) is 11.3 Å². The quantitative estimate of drug-likeness (QED) is 0.432. The molecule has 0 spiro atoms. The zero-order chi connectivity index (χ0) is 21.2. The summed E-state index contributed by atoms with van der Waals surface area (Å²) >= 11 is 1.52. The molecule has 1 aromatic heterocycles. The maximum Gasteiger partial charge on any atom is 0.207 e. The number of benzene rings is 3. The molecule has 154 valence electrons. The summed E-state index contributed by atoms with van der Waals surface area (Å²) in [6.07, 6.45) is 0.802. The van der Waals surface area contributed by atoms with Gasteiger partial charge in [0.1, 0.15) is 11.5 Å². The van der Waals surface area contributed by atoms with Crippen LogP contribution in [0.2, 0.25) is 0 Å². The molecular weight excluding hydrogens is 406 g/mol. The first-order valence-electron chi connectivity index (χ1n) is 10.0. The van der Waals surface area contributed by atoms with Gasteiger partial charge in [0.25, 0.3) is 0 Å². The van der Waals surface area contributed by atoms with Crippen molar-refractivity contribution in [1.82, 2.24) is 4.98 Å². The number of hydrogen-bond acceptors (Lipinski definition) is 6. The normalized spacial score (nSPS) is 15.7. The lowest BCUT2D eigenvalue weighted by atomic mass is 9.99. The number of anilines is 1. The molecule has 1 N–H and O–H groups in total. The number of phenols is 1. The Morgan fingerprint density at radius 1 is 1.00 bits per heavy atom. The Morgan fingerprint density at radius 3 is 2.45 bits per heavy atom. The van der Waals surface area contributed by atoms with Crippen LogP contribution in [0.25, 0.3) is 11.3 Å². The number of ether oxygens (including phenoxy) is 1. The van der Waals surface area contributed by atoms with Crippen molar-refractivity contribution in [2.24, 2.45) is 5.10 Å². The topological polar surface area (TPSA) is 58.0 Å². The summed E-state index contributed by atoms with van der Waals surface area (Å²) in [7, 11) is 1.58. The van der Waals surface area contributed by atoms with Gasteiger partial charge in [0.15, 0.2) is 0 Å². The van der Waals surface area contributed by atoms with Crippen LogP contribution in [-0.2, 0) is 0 Å². The highest BCUT2D eigenvalue weighted by Crippen LogP contribution is 2.41. The second-order valence-electron chi connectivity index (χ2n) is 7.29. The molecule has 3 aromatic carbocycles. The van der Waals surface area contributed by atoms with E-state index in [1.165, 1.54) is 16.9 Å². The van der Waals surface area contributed by atoms with Crippen LogP contribution >= 0.6 is 11.3 Å². The summed E-state index contributed by atoms with van der Waals surface area (Å²) in [6, 6.07) is 26.0. The molecule has 2 heterocycles. The van der Waals surface area contributed by atoms with Gasteiger partial charge in [-0.1, -0.05) is 60.7 Å². The molecule has 1 atom stereocenters. The number of hydrazone groups is 1. The number of aromatic nitrogens is 1. The lowest BCUT2D eigenvalue weighted by Crippen LogP contribution is -2.18. The number of nitrogens with zero attached hydrogens (tertiary/aromatic N) is 3. The maximum atomic E-state index is 10.4. The molecule has 5 rings (SSSR count). The first kappa shape index (κ1) is 19.3. The molecule has 0 bridgehead atoms. The lowest BCUT2D eigenvalue weighted by molar-refractivity contribution is 0.408. The molecule has 6 heteroatoms. The van der Waals surface area contributed by atoms with Crippen LogP contribution in [0.5, 0.6) is 11.5 Å². The smallest absolute Gasteiger partial charge is 0.207 e. The molecule has 4 aromatic rings. The molecule has 31 heavy (non-hydrogen) atoms. The predicted molar refractivity (Wildman–Crippen MR) is 125 cm³/mol. The monoisotopic (exact) mass is 427 g/mol. The van der Waals surface area contributed by atoms with Crippen LogP contribution in [0, 0.1) is 0 Å². The molecule has 1 aliphatic heterocycles. The van der Waals surface area contributed by atoms with Crippen molar-refractivity contribution < 1.29 is 9.84 Å². The van der Waals surface area contributed by atoms with Crippen LogP contribution in [0.4, 0.5) is 5.13 Å². The van der Waals surface area contributed by atoms with Gasteiger partial charge in [-0.15, -0.1) is 11.3 Å². The van der Waals surface area contributed by atoms with Gasteiger partial charge in [0.05, 0.1) is 24.6 Å². The van der Waals surface area contributed by atoms with Gasteiger partial charge < -0.3 is 9.84 Å². The fraction of sp³-hybridized carbons (Fsp3) is 0.120. The van der Waals surface area contributed by atoms with E-state index in [1.807, 2.05) is 46.8 Å². The standard InChI is InChI=1S/C25H21N3O2S/c1-30-19-12-13-20(24(29)14-19)22-16-31-25(26-22)28-23(18-10-6-3-7-11-18)15-21(27-28)17-8-4-2-5-9-17/h2-14,16,23,29H,15H2,1H3. The van der Waals surface area contributed by atoms with Crippen molar-refractivity contribution in [2.75, 3.05) is 12.1 Å². The number of thiazole rings is 1. The lowest BCUT2D eigenvalue weighted by Gasteiger charge is -2.21. The number of hydrogen-bond donors (Lipinski definition) is 1. The van der Waals surface area contributed by atoms with E-state index in [-0.39, 0.29) is 11.8 Å². The van der Waals surface area contributed by atoms with Crippen LogP contribution in [0.15, 0.2) is 89.3 Å². The van der Waals surface area contributed by atoms with Crippen LogP contribution in [0.3, 0.4) is 0 Å². The molecule has 0 radical (unpaired) electrons. The number of aromatic hydroxyl groups is 1. The van der Waals surface area contributed by atoms with Crippen molar-refractivity contribution in [1.29, 1.82) is 0 Å². The average Bonchev–Trinajstić information content (AvgIpc) is 3.48. The minimum atomic E-state index is 0.0693. The molecule has 0 fully saturated rings. The second-order valence-corrected chi connectivity index (χ2v) is 8.12. The molecule has 1 aliphatic rings. The highest BCUT2D eigenvalue weighted by Gasteiger charge is 2.31. The van der Waals surface area contributed by atoms with Crippen molar-refractivity contribution in [3.8, 4) is 22.8 Å². The largest absolute Gasteiger partial charge is 0.507 e. The fourth-order valence-electron chi connectivity index (χ4n) is 3.77. The molecule has 1 unspecified atom stereocenters. The first-order valence-corrected chi connectivity index (χ1v) is 10.9. The zero-order valence-electron chi connectivity index (χ0n) is 17.0. The third-order valence-corrected chi connectivity index (χ3v) is 6.20. The van der Waals surface area contributed by atoms with E-state index in [1.54, 1.807) is 13.2 Å². The summed E-state index contributed by atoms with van der Waals surface area (Å²) in [4.78, 5) is 4.82. The van der Waals surface area contributed by atoms with Gasteiger partial charge in [-0.25, -0.2) is 9.99 Å². The van der Waals surface area contributed by atoms with E-state index >= 15 is 0 Å². The summed E-state index contributed by atoms with van der Waals surface area (Å²) in [6.45, 7) is 0. The predicted octanol–water partition coefficient (Wildman–Crippen LogP) is 5.88. The SMILES string of the molecule is COc1ccc(-c2csc(N3N=C(c4ccccc4)CC3c3ccccc3)n2)c(O)c1. The van der Waals surface area contributed by atoms with Crippen molar-refractivity contribution in [2.45, 2.75) is 12.5 Å². The van der Waals surface area contributed by atoms with Gasteiger partial charge in [0.2, 0.25) is 5.13 Å². The summed E-state index contributed by atoms with van der Waals surface area (Å²) in [5, 5.41) is 20.1. The minimum absolute atomic E-state index is 0.0693. The first-order chi connectivity index (χ1) is 15.2. The molecule has 0 amide bonds. The molecule has 0 saturated heterocycles. The summed E-state index contributed by atoms with van der Waals surface area (Å²) < 4.78 is 5.19. The second kappa shape index (κ2) is 8.24. The molecule has 0 aliphatic carbocycles. The van der Waals surface area contributed by atoms with E-state index in [9.17, 15) is 5.11 Å². The van der Waals surface area contributed by atoms with E-state index in [2.05, 4.69) is 36.4 Å². The van der Waals surface area contributed by atoms with Gasteiger partial charge in [-0.05, 0) is 23.3 Å². The summed E-state index contributed by atoms with van der Waals surface area (Å²) in [5.41, 5.74) is 4.75. The third-order valence-electron chi connectivity index (χ3n) is 5.37. The molecule has 0 saturated carbocycles. The van der Waals surface area contributed by atoms with Crippen LogP contribution in [-0.4, -0.2) is 22.9 Å². The number of rotatable bonds is 5. The highest BCUT2D eigenvalue weighted by molar-refractivity contribution is 7.14. The van der Waals surface area contributed by atoms with Crippen molar-refractivity contribution in [3.63, 3.8) is 0 Å². The van der Waals surface area contributed by atoms with E-state index in [4.69, 9.17) is 14.8 Å². The minimum Gasteiger partial charge on any atom is -0.507 e. The van der Waals surface area contributed by atoms with Gasteiger partial charge in [-0.3, -0.25) is 0 Å². The number of phenolic OH excluding ortho intramolecular Hbond substituents is 1. The van der Waals surface area contributed by atoms with Crippen molar-refractivity contribution in [3.05, 3.63) is 95.4 Å². The Balaban J connectivity index is 1.53. The Hall–Kier alpha value is -3.64. The Labute approximate surface area is 184 Å². The zero-order valence-corrected chi connectivity index (χ0v) is 17.8. The van der Waals surface area contributed by atoms with Gasteiger partial charge in [0, 0.05) is 23.4 Å². The van der Waals surface area contributed by atoms with Gasteiger partial charge >= 0.3 is 0 Å². The Morgan fingerprint density at radius 2 is 1.74 bits per heavy atom. The van der Waals surface area contributed by atoms with Crippen molar-refractivity contribution >= 4 is 22.2 Å². The van der Waals surface area contributed by atoms with Crippen LogP contribution < -0.4 is 9.75 Å². The molecule has 5 nitrogen and oxygen atoms in total. The maximum absolute atomic E-state index is 10.4. The molecular formula is C25H21N3O2S. The number of methoxy groups -OCH3 is 1. The van der Waals surface area contributed by atoms with E-state index in [0.717, 1.165) is 28.5 Å². The Kier molecular flexibility index (Phi) is 5.14. The third kappa shape index (κ3) is 3.78. The van der Waals surface area contributed by atoms with Gasteiger partial charge in [-0.2, -0.15) is 5.10 Å². The van der Waals surface area contributed by atoms with Crippen LogP contribution in [0.1, 0.15) is 23.6 Å². The highest BCUT2D eigenvalue weighted by atomic mass is 32.1.